The first kappa shape index (κ1) is 17.3. The molecule has 0 saturated heterocycles. The molecule has 2 rings (SSSR count). The van der Waals surface area contributed by atoms with Crippen molar-refractivity contribution in [3.05, 3.63) is 53.1 Å². The largest absolute Gasteiger partial charge is 0.504 e. The molecule has 0 aliphatic carbocycles. The van der Waals surface area contributed by atoms with Crippen LogP contribution in [0.15, 0.2) is 41.5 Å². The van der Waals surface area contributed by atoms with Gasteiger partial charge >= 0.3 is 0 Å². The second kappa shape index (κ2) is 8.01. The van der Waals surface area contributed by atoms with E-state index in [1.807, 2.05) is 32.0 Å². The Morgan fingerprint density at radius 2 is 2.04 bits per heavy atom. The predicted octanol–water partition coefficient (Wildman–Crippen LogP) is 2.55. The zero-order valence-corrected chi connectivity index (χ0v) is 13.9. The number of ether oxygens (including phenoxy) is 2. The third-order valence-electron chi connectivity index (χ3n) is 3.49. The number of carbonyl (C=O) groups is 1. The Kier molecular flexibility index (Phi) is 5.78. The fourth-order valence-electron chi connectivity index (χ4n) is 1.97. The van der Waals surface area contributed by atoms with Gasteiger partial charge in [0.05, 0.1) is 13.3 Å². The quantitative estimate of drug-likeness (QED) is 0.631. The summed E-state index contributed by atoms with van der Waals surface area (Å²) in [5.74, 6) is 0.530. The summed E-state index contributed by atoms with van der Waals surface area (Å²) in [6.07, 6.45) is 1.34. The molecule has 2 aromatic rings. The highest BCUT2D eigenvalue weighted by atomic mass is 16.5. The Morgan fingerprint density at radius 3 is 2.75 bits per heavy atom. The number of methoxy groups -OCH3 is 1. The van der Waals surface area contributed by atoms with E-state index in [4.69, 9.17) is 9.47 Å². The van der Waals surface area contributed by atoms with Gasteiger partial charge in [-0.2, -0.15) is 5.10 Å². The third-order valence-corrected chi connectivity index (χ3v) is 3.49. The molecule has 2 N–H and O–H groups in total. The number of phenols is 1. The molecule has 0 heterocycles. The van der Waals surface area contributed by atoms with Crippen molar-refractivity contribution in [3.63, 3.8) is 0 Å². The molecule has 1 amide bonds. The molecule has 24 heavy (non-hydrogen) atoms. The number of carbonyl (C=O) groups excluding carboxylic acids is 1. The molecule has 0 aliphatic rings. The van der Waals surface area contributed by atoms with Gasteiger partial charge in [-0.3, -0.25) is 4.79 Å². The molecule has 0 fully saturated rings. The summed E-state index contributed by atoms with van der Waals surface area (Å²) in [7, 11) is 1.46. The van der Waals surface area contributed by atoms with E-state index in [-0.39, 0.29) is 12.4 Å². The van der Waals surface area contributed by atoms with Gasteiger partial charge in [0.1, 0.15) is 5.75 Å². The van der Waals surface area contributed by atoms with Crippen LogP contribution in [0.5, 0.6) is 17.2 Å². The zero-order valence-electron chi connectivity index (χ0n) is 13.9. The molecule has 0 spiro atoms. The number of nitrogens with zero attached hydrogens (tertiary/aromatic N) is 1. The van der Waals surface area contributed by atoms with Crippen LogP contribution in [0.2, 0.25) is 0 Å². The molecular weight excluding hydrogens is 308 g/mol. The average molecular weight is 328 g/mol. The molecule has 0 unspecified atom stereocenters. The minimum atomic E-state index is -0.396. The van der Waals surface area contributed by atoms with Crippen molar-refractivity contribution in [2.45, 2.75) is 13.8 Å². The molecule has 6 nitrogen and oxygen atoms in total. The first-order valence-electron chi connectivity index (χ1n) is 7.39. The molecule has 0 bridgehead atoms. The van der Waals surface area contributed by atoms with Crippen molar-refractivity contribution < 1.29 is 19.4 Å². The summed E-state index contributed by atoms with van der Waals surface area (Å²) >= 11 is 0. The van der Waals surface area contributed by atoms with Crippen LogP contribution in [0.3, 0.4) is 0 Å². The Labute approximate surface area is 140 Å². The molecular formula is C18H20N2O4. The predicted molar refractivity (Wildman–Crippen MR) is 91.8 cm³/mol. The van der Waals surface area contributed by atoms with Crippen LogP contribution in [-0.4, -0.2) is 30.9 Å². The van der Waals surface area contributed by atoms with Crippen molar-refractivity contribution in [1.29, 1.82) is 0 Å². The van der Waals surface area contributed by atoms with Crippen molar-refractivity contribution in [3.8, 4) is 17.2 Å². The number of hydrogen-bond acceptors (Lipinski definition) is 5. The molecule has 0 atom stereocenters. The van der Waals surface area contributed by atoms with Gasteiger partial charge in [-0.1, -0.05) is 12.1 Å². The topological polar surface area (TPSA) is 80.2 Å². The number of nitrogens with one attached hydrogen (secondary N) is 1. The number of hydrogen-bond donors (Lipinski definition) is 2. The van der Waals surface area contributed by atoms with Gasteiger partial charge in [0.15, 0.2) is 18.1 Å². The van der Waals surface area contributed by atoms with E-state index in [1.54, 1.807) is 18.2 Å². The number of amides is 1. The van der Waals surface area contributed by atoms with Gasteiger partial charge in [-0.15, -0.1) is 0 Å². The normalized spacial score (nSPS) is 10.6. The average Bonchev–Trinajstić information content (AvgIpc) is 2.57. The maximum Gasteiger partial charge on any atom is 0.277 e. The summed E-state index contributed by atoms with van der Waals surface area (Å²) in [6.45, 7) is 3.84. The summed E-state index contributed by atoms with van der Waals surface area (Å²) in [6, 6.07) is 10.6. The number of aromatic hydroxyl groups is 1. The number of phenolic OH excluding ortho intramolecular Hbond substituents is 1. The van der Waals surface area contributed by atoms with Crippen molar-refractivity contribution in [2.24, 2.45) is 5.10 Å². The molecule has 2 aromatic carbocycles. The second-order valence-corrected chi connectivity index (χ2v) is 5.23. The van der Waals surface area contributed by atoms with Gasteiger partial charge in [-0.05, 0) is 49.2 Å². The second-order valence-electron chi connectivity index (χ2n) is 5.23. The van der Waals surface area contributed by atoms with Crippen LogP contribution >= 0.6 is 0 Å². The van der Waals surface area contributed by atoms with Gasteiger partial charge in [0.25, 0.3) is 5.91 Å². The van der Waals surface area contributed by atoms with E-state index < -0.39 is 5.91 Å². The minimum Gasteiger partial charge on any atom is -0.504 e. The number of rotatable bonds is 6. The highest BCUT2D eigenvalue weighted by Crippen LogP contribution is 2.27. The first-order chi connectivity index (χ1) is 11.5. The zero-order chi connectivity index (χ0) is 17.5. The molecule has 0 aliphatic heterocycles. The number of benzene rings is 2. The summed E-state index contributed by atoms with van der Waals surface area (Å²) in [5, 5.41) is 13.7. The molecule has 0 saturated carbocycles. The van der Waals surface area contributed by atoms with Gasteiger partial charge in [-0.25, -0.2) is 5.43 Å². The highest BCUT2D eigenvalue weighted by molar-refractivity contribution is 5.86. The standard InChI is InChI=1S/C18H20N2O4/c1-12-7-8-15(9-13(12)2)24-11-17(21)20-19-10-14-5-4-6-16(23-3)18(14)22/h4-10,22H,11H2,1-3H3,(H,20,21)/b19-10+. The number of para-hydroxylation sites is 1. The Bertz CT molecular complexity index is 757. The highest BCUT2D eigenvalue weighted by Gasteiger charge is 2.06. The minimum absolute atomic E-state index is 0.0376. The SMILES string of the molecule is COc1cccc(/C=N/NC(=O)COc2ccc(C)c(C)c2)c1O. The lowest BCUT2D eigenvalue weighted by molar-refractivity contribution is -0.123. The summed E-state index contributed by atoms with van der Waals surface area (Å²) in [4.78, 5) is 11.7. The van der Waals surface area contributed by atoms with Crippen LogP contribution in [0.1, 0.15) is 16.7 Å². The Balaban J connectivity index is 1.88. The number of hydrazone groups is 1. The van der Waals surface area contributed by atoms with Crippen molar-refractivity contribution in [1.82, 2.24) is 5.43 Å². The smallest absolute Gasteiger partial charge is 0.277 e. The Hall–Kier alpha value is -3.02. The van der Waals surface area contributed by atoms with Gasteiger partial charge in [0, 0.05) is 5.56 Å². The van der Waals surface area contributed by atoms with Crippen molar-refractivity contribution >= 4 is 12.1 Å². The summed E-state index contributed by atoms with van der Waals surface area (Å²) < 4.78 is 10.4. The van der Waals surface area contributed by atoms with E-state index in [2.05, 4.69) is 10.5 Å². The maximum absolute atomic E-state index is 11.7. The third kappa shape index (κ3) is 4.49. The van der Waals surface area contributed by atoms with E-state index in [9.17, 15) is 9.90 Å². The maximum atomic E-state index is 11.7. The van der Waals surface area contributed by atoms with Gasteiger partial charge < -0.3 is 14.6 Å². The summed E-state index contributed by atoms with van der Waals surface area (Å²) in [5.41, 5.74) is 5.04. The lowest BCUT2D eigenvalue weighted by Crippen LogP contribution is -2.24. The lowest BCUT2D eigenvalue weighted by atomic mass is 10.1. The van der Waals surface area contributed by atoms with Crippen molar-refractivity contribution in [2.75, 3.05) is 13.7 Å². The molecule has 6 heteroatoms. The molecule has 126 valence electrons. The molecule has 0 aromatic heterocycles. The van der Waals surface area contributed by atoms with Crippen LogP contribution < -0.4 is 14.9 Å². The van der Waals surface area contributed by atoms with Gasteiger partial charge in [0.2, 0.25) is 0 Å². The van der Waals surface area contributed by atoms with E-state index in [0.717, 1.165) is 11.1 Å². The molecule has 0 radical (unpaired) electrons. The van der Waals surface area contributed by atoms with Crippen LogP contribution in [0, 0.1) is 13.8 Å². The Morgan fingerprint density at radius 1 is 1.25 bits per heavy atom. The fraction of sp³-hybridized carbons (Fsp3) is 0.222. The van der Waals surface area contributed by atoms with E-state index in [1.165, 1.54) is 13.3 Å². The van der Waals surface area contributed by atoms with E-state index in [0.29, 0.717) is 17.1 Å². The van der Waals surface area contributed by atoms with E-state index >= 15 is 0 Å². The van der Waals surface area contributed by atoms with Crippen LogP contribution in [0.4, 0.5) is 0 Å². The monoisotopic (exact) mass is 328 g/mol. The van der Waals surface area contributed by atoms with Crippen LogP contribution in [0.25, 0.3) is 0 Å². The lowest BCUT2D eigenvalue weighted by Gasteiger charge is -2.07. The number of aryl methyl sites for hydroxylation is 2. The first-order valence-corrected chi connectivity index (χ1v) is 7.39. The van der Waals surface area contributed by atoms with Crippen LogP contribution in [-0.2, 0) is 4.79 Å². The fourth-order valence-corrected chi connectivity index (χ4v) is 1.97.